The third-order valence-electron chi connectivity index (χ3n) is 5.22. The Balaban J connectivity index is 1.84. The Kier molecular flexibility index (Phi) is 9.81. The van der Waals surface area contributed by atoms with Crippen LogP contribution in [-0.4, -0.2) is 22.0 Å². The molecule has 0 radical (unpaired) electrons. The molecule has 0 aliphatic heterocycles. The molecule has 0 aliphatic carbocycles. The van der Waals surface area contributed by atoms with Crippen molar-refractivity contribution in [3.8, 4) is 0 Å². The molecule has 1 N–H and O–H groups in total. The van der Waals surface area contributed by atoms with Gasteiger partial charge in [-0.25, -0.2) is 4.98 Å². The first-order valence-electron chi connectivity index (χ1n) is 11.0. The fourth-order valence-electron chi connectivity index (χ4n) is 3.57. The summed E-state index contributed by atoms with van der Waals surface area (Å²) in [5.41, 5.74) is 2.86. The van der Waals surface area contributed by atoms with Crippen LogP contribution in [0, 0.1) is 0 Å². The number of carbonyl (C=O) groups is 1. The molecule has 0 fully saturated rings. The molecule has 0 aliphatic rings. The Morgan fingerprint density at radius 2 is 1.71 bits per heavy atom. The number of amides is 1. The van der Waals surface area contributed by atoms with Gasteiger partial charge in [0.15, 0.2) is 0 Å². The van der Waals surface area contributed by atoms with Gasteiger partial charge in [-0.15, -0.1) is 0 Å². The SMILES string of the molecule is C=C(C)C(=O)NCCCc1nc2ccccc2n1CCCCCCCCCC. The van der Waals surface area contributed by atoms with Gasteiger partial charge in [0.25, 0.3) is 0 Å². The van der Waals surface area contributed by atoms with Crippen LogP contribution in [-0.2, 0) is 17.8 Å². The van der Waals surface area contributed by atoms with E-state index in [4.69, 9.17) is 4.98 Å². The number of carbonyl (C=O) groups excluding carboxylic acids is 1. The average Bonchev–Trinajstić information content (AvgIpc) is 3.04. The molecule has 0 spiro atoms. The molecule has 0 saturated carbocycles. The van der Waals surface area contributed by atoms with Crippen molar-refractivity contribution in [2.24, 2.45) is 0 Å². The number of hydrogen-bond acceptors (Lipinski definition) is 2. The highest BCUT2D eigenvalue weighted by Crippen LogP contribution is 2.19. The topological polar surface area (TPSA) is 46.9 Å². The highest BCUT2D eigenvalue weighted by molar-refractivity contribution is 5.92. The number of imidazole rings is 1. The predicted octanol–water partition coefficient (Wildman–Crippen LogP) is 5.80. The molecular weight excluding hydrogens is 346 g/mol. The van der Waals surface area contributed by atoms with Crippen molar-refractivity contribution in [2.45, 2.75) is 84.6 Å². The van der Waals surface area contributed by atoms with E-state index < -0.39 is 0 Å². The van der Waals surface area contributed by atoms with Crippen LogP contribution in [0.25, 0.3) is 11.0 Å². The van der Waals surface area contributed by atoms with Gasteiger partial charge in [0.2, 0.25) is 5.91 Å². The average molecular weight is 384 g/mol. The van der Waals surface area contributed by atoms with Crippen LogP contribution in [0.5, 0.6) is 0 Å². The van der Waals surface area contributed by atoms with Gasteiger partial charge in [-0.3, -0.25) is 4.79 Å². The smallest absolute Gasteiger partial charge is 0.246 e. The monoisotopic (exact) mass is 383 g/mol. The maximum absolute atomic E-state index is 11.6. The zero-order valence-electron chi connectivity index (χ0n) is 17.8. The zero-order valence-corrected chi connectivity index (χ0v) is 17.8. The van der Waals surface area contributed by atoms with Crippen LogP contribution in [0.3, 0.4) is 0 Å². The van der Waals surface area contributed by atoms with Gasteiger partial charge in [0, 0.05) is 25.1 Å². The number of aryl methyl sites for hydroxylation is 2. The Hall–Kier alpha value is -2.10. The van der Waals surface area contributed by atoms with Crippen LogP contribution in [0.4, 0.5) is 0 Å². The number of fused-ring (bicyclic) bond motifs is 1. The first-order chi connectivity index (χ1) is 13.6. The second-order valence-electron chi connectivity index (χ2n) is 7.78. The summed E-state index contributed by atoms with van der Waals surface area (Å²) in [4.78, 5) is 16.5. The molecule has 28 heavy (non-hydrogen) atoms. The number of unbranched alkanes of at least 4 members (excludes halogenated alkanes) is 7. The molecule has 1 amide bonds. The minimum Gasteiger partial charge on any atom is -0.352 e. The summed E-state index contributed by atoms with van der Waals surface area (Å²) in [7, 11) is 0. The van der Waals surface area contributed by atoms with Gasteiger partial charge in [-0.05, 0) is 31.9 Å². The standard InChI is InChI=1S/C24H37N3O/c1-4-5-6-7-8-9-10-13-19-27-22-16-12-11-15-21(22)26-23(27)17-14-18-25-24(28)20(2)3/h11-12,15-16H,2,4-10,13-14,17-19H2,1,3H3,(H,25,28). The van der Waals surface area contributed by atoms with Gasteiger partial charge in [-0.1, -0.05) is 70.6 Å². The van der Waals surface area contributed by atoms with Gasteiger partial charge in [-0.2, -0.15) is 0 Å². The van der Waals surface area contributed by atoms with E-state index in [2.05, 4.69) is 41.6 Å². The summed E-state index contributed by atoms with van der Waals surface area (Å²) in [5, 5.41) is 2.91. The van der Waals surface area contributed by atoms with E-state index >= 15 is 0 Å². The molecule has 1 heterocycles. The maximum Gasteiger partial charge on any atom is 0.246 e. The number of nitrogens with one attached hydrogen (secondary N) is 1. The van der Waals surface area contributed by atoms with Crippen molar-refractivity contribution in [2.75, 3.05) is 6.54 Å². The molecule has 0 unspecified atom stereocenters. The lowest BCUT2D eigenvalue weighted by Gasteiger charge is -2.10. The summed E-state index contributed by atoms with van der Waals surface area (Å²) >= 11 is 0. The van der Waals surface area contributed by atoms with Gasteiger partial charge < -0.3 is 9.88 Å². The molecule has 2 rings (SSSR count). The molecule has 1 aromatic heterocycles. The number of aromatic nitrogens is 2. The summed E-state index contributed by atoms with van der Waals surface area (Å²) in [6.45, 7) is 9.37. The fraction of sp³-hybridized carbons (Fsp3) is 0.583. The molecule has 0 saturated heterocycles. The second-order valence-corrected chi connectivity index (χ2v) is 7.78. The van der Waals surface area contributed by atoms with Crippen LogP contribution >= 0.6 is 0 Å². The van der Waals surface area contributed by atoms with Crippen molar-refractivity contribution >= 4 is 16.9 Å². The number of hydrogen-bond donors (Lipinski definition) is 1. The summed E-state index contributed by atoms with van der Waals surface area (Å²) in [6, 6.07) is 8.39. The molecule has 154 valence electrons. The summed E-state index contributed by atoms with van der Waals surface area (Å²) < 4.78 is 2.38. The third kappa shape index (κ3) is 7.14. The number of nitrogens with zero attached hydrogens (tertiary/aromatic N) is 2. The lowest BCUT2D eigenvalue weighted by Crippen LogP contribution is -2.25. The first kappa shape index (κ1) is 22.2. The fourth-order valence-corrected chi connectivity index (χ4v) is 3.57. The number of rotatable bonds is 14. The van der Waals surface area contributed by atoms with Gasteiger partial charge >= 0.3 is 0 Å². The first-order valence-corrected chi connectivity index (χ1v) is 11.0. The van der Waals surface area contributed by atoms with Crippen molar-refractivity contribution in [3.63, 3.8) is 0 Å². The minimum absolute atomic E-state index is 0.0626. The van der Waals surface area contributed by atoms with E-state index in [1.165, 1.54) is 56.9 Å². The minimum atomic E-state index is -0.0626. The molecular formula is C24H37N3O. The molecule has 0 atom stereocenters. The molecule has 2 aromatic rings. The zero-order chi connectivity index (χ0) is 20.2. The second kappa shape index (κ2) is 12.4. The van der Waals surface area contributed by atoms with Gasteiger partial charge in [0.1, 0.15) is 5.82 Å². The van der Waals surface area contributed by atoms with Crippen molar-refractivity contribution in [1.82, 2.24) is 14.9 Å². The Morgan fingerprint density at radius 1 is 1.04 bits per heavy atom. The van der Waals surface area contributed by atoms with Crippen molar-refractivity contribution in [1.29, 1.82) is 0 Å². The van der Waals surface area contributed by atoms with E-state index in [9.17, 15) is 4.79 Å². The van der Waals surface area contributed by atoms with Crippen molar-refractivity contribution in [3.05, 3.63) is 42.2 Å². The van der Waals surface area contributed by atoms with E-state index in [0.717, 1.165) is 30.7 Å². The van der Waals surface area contributed by atoms with Crippen LogP contribution < -0.4 is 5.32 Å². The molecule has 1 aromatic carbocycles. The Morgan fingerprint density at radius 3 is 2.43 bits per heavy atom. The lowest BCUT2D eigenvalue weighted by molar-refractivity contribution is -0.117. The molecule has 0 bridgehead atoms. The van der Waals surface area contributed by atoms with E-state index in [1.54, 1.807) is 6.92 Å². The highest BCUT2D eigenvalue weighted by Gasteiger charge is 2.10. The lowest BCUT2D eigenvalue weighted by atomic mass is 10.1. The Bertz CT molecular complexity index is 747. The third-order valence-corrected chi connectivity index (χ3v) is 5.22. The van der Waals surface area contributed by atoms with Crippen LogP contribution in [0.1, 0.15) is 77.5 Å². The largest absolute Gasteiger partial charge is 0.352 e. The normalized spacial score (nSPS) is 11.1. The van der Waals surface area contributed by atoms with Crippen molar-refractivity contribution < 1.29 is 4.79 Å². The molecule has 4 nitrogen and oxygen atoms in total. The van der Waals surface area contributed by atoms with E-state index in [-0.39, 0.29) is 5.91 Å². The highest BCUT2D eigenvalue weighted by atomic mass is 16.1. The summed E-state index contributed by atoms with van der Waals surface area (Å²) in [6.07, 6.45) is 12.4. The maximum atomic E-state index is 11.6. The predicted molar refractivity (Wildman–Crippen MR) is 118 cm³/mol. The number of benzene rings is 1. The quantitative estimate of drug-likeness (QED) is 0.331. The van der Waals surface area contributed by atoms with Gasteiger partial charge in [0.05, 0.1) is 11.0 Å². The Labute approximate surface area is 170 Å². The van der Waals surface area contributed by atoms with Crippen LogP contribution in [0.15, 0.2) is 36.4 Å². The van der Waals surface area contributed by atoms with E-state index in [1.807, 2.05) is 6.07 Å². The summed E-state index contributed by atoms with van der Waals surface area (Å²) in [5.74, 6) is 1.07. The molecule has 4 heteroatoms. The van der Waals surface area contributed by atoms with E-state index in [0.29, 0.717) is 12.1 Å². The number of para-hydroxylation sites is 2. The van der Waals surface area contributed by atoms with Crippen LogP contribution in [0.2, 0.25) is 0 Å².